The lowest BCUT2D eigenvalue weighted by atomic mass is 9.83. The van der Waals surface area contributed by atoms with E-state index in [0.29, 0.717) is 67.9 Å². The van der Waals surface area contributed by atoms with Crippen LogP contribution in [0.5, 0.6) is 17.2 Å². The first-order valence-electron chi connectivity index (χ1n) is 13.2. The van der Waals surface area contributed by atoms with Crippen molar-refractivity contribution in [2.45, 2.75) is 51.5 Å². The highest BCUT2D eigenvalue weighted by Crippen LogP contribution is 2.47. The van der Waals surface area contributed by atoms with Crippen LogP contribution in [0.1, 0.15) is 49.3 Å². The van der Waals surface area contributed by atoms with E-state index in [-0.39, 0.29) is 19.2 Å². The molecule has 1 fully saturated rings. The number of carboxylic acid groups (broad SMARTS) is 1. The molecule has 3 unspecified atom stereocenters. The van der Waals surface area contributed by atoms with Gasteiger partial charge in [0.25, 0.3) is 0 Å². The fraction of sp³-hybridized carbons (Fsp3) is 0.593. The smallest absolute Gasteiger partial charge is 0.308 e. The average Bonchev–Trinajstić information content (AvgIpc) is 3.62. The number of likely N-dealkylation sites (tertiary alicyclic amines) is 1. The molecule has 2 aliphatic rings. The molecule has 4 rings (SSSR count). The van der Waals surface area contributed by atoms with Gasteiger partial charge < -0.3 is 34.4 Å². The third-order valence-corrected chi connectivity index (χ3v) is 7.34. The Hall–Kier alpha value is -3.31. The summed E-state index contributed by atoms with van der Waals surface area (Å²) in [5.41, 5.74) is 6.56. The van der Waals surface area contributed by atoms with Gasteiger partial charge in [-0.25, -0.2) is 4.98 Å². The maximum absolute atomic E-state index is 13.4. The number of hydrogen-bond donors (Lipinski definition) is 2. The normalized spacial score (nSPS) is 20.6. The molecule has 3 N–H and O–H groups in total. The van der Waals surface area contributed by atoms with Crippen molar-refractivity contribution >= 4 is 11.9 Å². The molecule has 11 heteroatoms. The van der Waals surface area contributed by atoms with Crippen LogP contribution in [0.4, 0.5) is 0 Å². The lowest BCUT2D eigenvalue weighted by molar-refractivity contribution is -0.143. The Morgan fingerprint density at radius 2 is 2.11 bits per heavy atom. The Morgan fingerprint density at radius 1 is 1.29 bits per heavy atom. The van der Waals surface area contributed by atoms with E-state index < -0.39 is 23.8 Å². The predicted octanol–water partition coefficient (Wildman–Crippen LogP) is 2.41. The second-order valence-corrected chi connectivity index (χ2v) is 9.85. The number of amides is 1. The largest absolute Gasteiger partial charge is 0.493 e. The van der Waals surface area contributed by atoms with Crippen LogP contribution in [0.3, 0.4) is 0 Å². The van der Waals surface area contributed by atoms with Gasteiger partial charge in [0.2, 0.25) is 18.4 Å². The highest BCUT2D eigenvalue weighted by atomic mass is 16.7. The van der Waals surface area contributed by atoms with E-state index in [1.54, 1.807) is 18.2 Å². The van der Waals surface area contributed by atoms with Gasteiger partial charge in [-0.2, -0.15) is 0 Å². The highest BCUT2D eigenvalue weighted by molar-refractivity contribution is 5.79. The summed E-state index contributed by atoms with van der Waals surface area (Å²) < 4.78 is 22.3. The summed E-state index contributed by atoms with van der Waals surface area (Å²) in [5, 5.41) is 10.4. The number of aromatic nitrogens is 1. The number of fused-ring (bicyclic) bond motifs is 1. The summed E-state index contributed by atoms with van der Waals surface area (Å²) in [6, 6.07) is 3.24. The van der Waals surface area contributed by atoms with Crippen molar-refractivity contribution in [2.24, 2.45) is 11.7 Å². The van der Waals surface area contributed by atoms with E-state index in [4.69, 9.17) is 24.4 Å². The number of carbonyl (C=O) groups excluding carboxylic acids is 1. The zero-order valence-electron chi connectivity index (χ0n) is 22.4. The molecular weight excluding hydrogens is 492 g/mol. The lowest BCUT2D eigenvalue weighted by Gasteiger charge is -2.29. The number of benzene rings is 1. The van der Waals surface area contributed by atoms with Crippen molar-refractivity contribution in [1.82, 2.24) is 14.8 Å². The molecular formula is C27H38N4O7. The number of rotatable bonds is 13. The molecule has 1 aromatic heterocycles. The van der Waals surface area contributed by atoms with Crippen molar-refractivity contribution in [3.05, 3.63) is 35.5 Å². The summed E-state index contributed by atoms with van der Waals surface area (Å²) in [5.74, 6) is 0.672. The monoisotopic (exact) mass is 530 g/mol. The quantitative estimate of drug-likeness (QED) is 0.397. The van der Waals surface area contributed by atoms with Gasteiger partial charge in [0.05, 0.1) is 25.8 Å². The fourth-order valence-electron chi connectivity index (χ4n) is 5.48. The Labute approximate surface area is 222 Å². The number of hydrogen-bond acceptors (Lipinski definition) is 9. The third-order valence-electron chi connectivity index (χ3n) is 7.34. The summed E-state index contributed by atoms with van der Waals surface area (Å²) in [6.07, 6.45) is 4.45. The van der Waals surface area contributed by atoms with Crippen molar-refractivity contribution in [3.8, 4) is 17.2 Å². The Bertz CT molecular complexity index is 1120. The third kappa shape index (κ3) is 6.05. The van der Waals surface area contributed by atoms with Crippen molar-refractivity contribution in [1.29, 1.82) is 0 Å². The SMILES string of the molecule is CCCCN(CCN)C(=O)CN1CC(c2cc(OC)c3c(c2)OCO3)C(C(=O)O)C1CCc1ncc(C)o1. The molecule has 208 valence electrons. The van der Waals surface area contributed by atoms with Gasteiger partial charge in [-0.1, -0.05) is 13.3 Å². The van der Waals surface area contributed by atoms with Gasteiger partial charge in [0.15, 0.2) is 17.4 Å². The van der Waals surface area contributed by atoms with Gasteiger partial charge in [0, 0.05) is 44.6 Å². The number of ether oxygens (including phenoxy) is 3. The first kappa shape index (κ1) is 27.7. The van der Waals surface area contributed by atoms with Crippen LogP contribution in [-0.4, -0.2) is 84.4 Å². The zero-order chi connectivity index (χ0) is 27.2. The molecule has 11 nitrogen and oxygen atoms in total. The van der Waals surface area contributed by atoms with Crippen LogP contribution < -0.4 is 19.9 Å². The molecule has 0 aliphatic carbocycles. The standard InChI is InChI=1S/C27H38N4O7/c1-4-5-9-30(10-8-28)24(32)15-31-14-19(18-11-21(35-3)26-22(12-18)36-16-37-26)25(27(33)34)20(31)6-7-23-29-13-17(2)38-23/h11-13,19-20,25H,4-10,14-16,28H2,1-3H3,(H,33,34). The predicted molar refractivity (Wildman–Crippen MR) is 138 cm³/mol. The van der Waals surface area contributed by atoms with Crippen LogP contribution in [0.2, 0.25) is 0 Å². The van der Waals surface area contributed by atoms with Crippen molar-refractivity contribution in [2.75, 3.05) is 46.6 Å². The Morgan fingerprint density at radius 3 is 2.76 bits per heavy atom. The molecule has 0 saturated carbocycles. The minimum atomic E-state index is -0.917. The maximum Gasteiger partial charge on any atom is 0.308 e. The number of nitrogens with two attached hydrogens (primary N) is 1. The van der Waals surface area contributed by atoms with Gasteiger partial charge in [0.1, 0.15) is 5.76 Å². The summed E-state index contributed by atoms with van der Waals surface area (Å²) in [6.45, 7) is 5.96. The van der Waals surface area contributed by atoms with Gasteiger partial charge in [-0.05, 0) is 37.5 Å². The second-order valence-electron chi connectivity index (χ2n) is 9.85. The molecule has 1 saturated heterocycles. The minimum Gasteiger partial charge on any atom is -0.493 e. The molecule has 38 heavy (non-hydrogen) atoms. The molecule has 1 amide bonds. The number of methoxy groups -OCH3 is 1. The van der Waals surface area contributed by atoms with E-state index in [1.807, 2.05) is 24.0 Å². The van der Waals surface area contributed by atoms with E-state index in [2.05, 4.69) is 11.9 Å². The van der Waals surface area contributed by atoms with Gasteiger partial charge >= 0.3 is 5.97 Å². The Balaban J connectivity index is 1.64. The maximum atomic E-state index is 13.4. The van der Waals surface area contributed by atoms with E-state index in [0.717, 1.165) is 18.4 Å². The van der Waals surface area contributed by atoms with Crippen LogP contribution >= 0.6 is 0 Å². The van der Waals surface area contributed by atoms with Crippen molar-refractivity contribution < 1.29 is 33.3 Å². The molecule has 0 bridgehead atoms. The molecule has 0 radical (unpaired) electrons. The number of carbonyl (C=O) groups is 2. The number of aliphatic carboxylic acids is 1. The summed E-state index contributed by atoms with van der Waals surface area (Å²) in [4.78, 5) is 34.2. The fourth-order valence-corrected chi connectivity index (χ4v) is 5.48. The number of nitrogens with zero attached hydrogens (tertiary/aromatic N) is 3. The molecule has 2 aliphatic heterocycles. The first-order chi connectivity index (χ1) is 18.4. The van der Waals surface area contributed by atoms with Crippen LogP contribution in [-0.2, 0) is 16.0 Å². The minimum absolute atomic E-state index is 0.0473. The topological polar surface area (TPSA) is 141 Å². The molecule has 2 aromatic rings. The molecule has 0 spiro atoms. The van der Waals surface area contributed by atoms with E-state index >= 15 is 0 Å². The van der Waals surface area contributed by atoms with Crippen LogP contribution in [0.15, 0.2) is 22.7 Å². The van der Waals surface area contributed by atoms with Gasteiger partial charge in [-0.15, -0.1) is 0 Å². The number of aryl methyl sites for hydroxylation is 2. The van der Waals surface area contributed by atoms with E-state index in [1.165, 1.54) is 0 Å². The average molecular weight is 531 g/mol. The van der Waals surface area contributed by atoms with E-state index in [9.17, 15) is 14.7 Å². The molecule has 3 heterocycles. The van der Waals surface area contributed by atoms with Crippen LogP contribution in [0.25, 0.3) is 0 Å². The number of carboxylic acids is 1. The number of unbranched alkanes of at least 4 members (excludes halogenated alkanes) is 1. The Kier molecular flexibility index (Phi) is 9.11. The second kappa shape index (κ2) is 12.5. The van der Waals surface area contributed by atoms with Gasteiger partial charge in [-0.3, -0.25) is 14.5 Å². The summed E-state index contributed by atoms with van der Waals surface area (Å²) >= 11 is 0. The highest BCUT2D eigenvalue weighted by Gasteiger charge is 2.47. The van der Waals surface area contributed by atoms with Crippen LogP contribution in [0, 0.1) is 12.8 Å². The van der Waals surface area contributed by atoms with Crippen molar-refractivity contribution in [3.63, 3.8) is 0 Å². The molecule has 1 aromatic carbocycles. The summed E-state index contributed by atoms with van der Waals surface area (Å²) in [7, 11) is 1.54. The first-order valence-corrected chi connectivity index (χ1v) is 13.2. The zero-order valence-corrected chi connectivity index (χ0v) is 22.4. The number of oxazole rings is 1. The molecule has 3 atom stereocenters. The lowest BCUT2D eigenvalue weighted by Crippen LogP contribution is -2.45.